The van der Waals surface area contributed by atoms with Gasteiger partial charge in [-0.1, -0.05) is 0 Å². The monoisotopic (exact) mass is 365 g/mol. The smallest absolute Gasteiger partial charge is 0.271 e. The van der Waals surface area contributed by atoms with Gasteiger partial charge in [-0.25, -0.2) is 18.4 Å². The molecule has 0 aliphatic heterocycles. The van der Waals surface area contributed by atoms with E-state index in [1.54, 1.807) is 18.5 Å². The predicted molar refractivity (Wildman–Crippen MR) is 89.1 cm³/mol. The van der Waals surface area contributed by atoms with Gasteiger partial charge in [-0.3, -0.25) is 14.9 Å². The van der Waals surface area contributed by atoms with Crippen molar-refractivity contribution in [2.24, 2.45) is 0 Å². The average molecular weight is 365 g/mol. The molecule has 1 heterocycles. The Morgan fingerprint density at radius 3 is 2.48 bits per heavy atom. The van der Waals surface area contributed by atoms with Gasteiger partial charge in [0.05, 0.1) is 9.82 Å². The minimum Gasteiger partial charge on any atom is -0.352 e. The molecule has 2 rings (SSSR count). The fraction of sp³-hybridized carbons (Fsp3) is 0.214. The van der Waals surface area contributed by atoms with E-state index in [0.717, 1.165) is 24.5 Å². The van der Waals surface area contributed by atoms with Gasteiger partial charge in [0.2, 0.25) is 5.95 Å². The van der Waals surface area contributed by atoms with Crippen molar-refractivity contribution >= 4 is 27.4 Å². The summed E-state index contributed by atoms with van der Waals surface area (Å²) in [6, 6.07) is 4.71. The molecule has 0 saturated heterocycles. The minimum absolute atomic E-state index is 0.106. The molecular weight excluding hydrogens is 350 g/mol. The lowest BCUT2D eigenvalue weighted by Crippen LogP contribution is -2.29. The highest BCUT2D eigenvalue weighted by molar-refractivity contribution is 7.90. The van der Waals surface area contributed by atoms with E-state index < -0.39 is 26.4 Å². The van der Waals surface area contributed by atoms with Gasteiger partial charge in [-0.05, 0) is 12.1 Å². The zero-order chi connectivity index (χ0) is 18.4. The standard InChI is InChI=1S/C14H15N5O5S/c1-25(23,24)12-8-10(7-11(9-12)19(21)22)13(20)15-5-6-18-14-16-3-2-4-17-14/h2-4,7-9H,5-6H2,1H3,(H,15,20)(H,16,17,18). The van der Waals surface area contributed by atoms with Gasteiger partial charge < -0.3 is 10.6 Å². The summed E-state index contributed by atoms with van der Waals surface area (Å²) in [5.41, 5.74) is -0.575. The third kappa shape index (κ3) is 5.21. The van der Waals surface area contributed by atoms with Crippen molar-refractivity contribution in [2.75, 3.05) is 24.7 Å². The fourth-order valence-electron chi connectivity index (χ4n) is 1.88. The highest BCUT2D eigenvalue weighted by Gasteiger charge is 2.18. The summed E-state index contributed by atoms with van der Waals surface area (Å²) in [4.78, 5) is 29.9. The van der Waals surface area contributed by atoms with Crippen LogP contribution in [0.3, 0.4) is 0 Å². The number of hydrogen-bond acceptors (Lipinski definition) is 8. The molecule has 25 heavy (non-hydrogen) atoms. The van der Waals surface area contributed by atoms with Crippen LogP contribution >= 0.6 is 0 Å². The first kappa shape index (κ1) is 18.3. The highest BCUT2D eigenvalue weighted by Crippen LogP contribution is 2.20. The summed E-state index contributed by atoms with van der Waals surface area (Å²) in [5, 5.41) is 16.3. The Balaban J connectivity index is 2.05. The van der Waals surface area contributed by atoms with Crippen molar-refractivity contribution in [2.45, 2.75) is 4.90 Å². The summed E-state index contributed by atoms with van der Waals surface area (Å²) < 4.78 is 23.2. The number of nitrogens with zero attached hydrogens (tertiary/aromatic N) is 3. The lowest BCUT2D eigenvalue weighted by molar-refractivity contribution is -0.385. The molecule has 10 nitrogen and oxygen atoms in total. The first-order valence-corrected chi connectivity index (χ1v) is 8.95. The van der Waals surface area contributed by atoms with Gasteiger partial charge in [0.1, 0.15) is 0 Å². The van der Waals surface area contributed by atoms with E-state index in [9.17, 15) is 23.3 Å². The average Bonchev–Trinajstić information content (AvgIpc) is 2.58. The second kappa shape index (κ2) is 7.66. The lowest BCUT2D eigenvalue weighted by Gasteiger charge is -2.08. The van der Waals surface area contributed by atoms with E-state index >= 15 is 0 Å². The Labute approximate surface area is 143 Å². The maximum Gasteiger partial charge on any atom is 0.271 e. The third-order valence-electron chi connectivity index (χ3n) is 3.05. The van der Waals surface area contributed by atoms with Crippen LogP contribution in [0.4, 0.5) is 11.6 Å². The molecule has 132 valence electrons. The van der Waals surface area contributed by atoms with Crippen LogP contribution in [-0.4, -0.2) is 48.6 Å². The van der Waals surface area contributed by atoms with E-state index in [1.165, 1.54) is 0 Å². The number of rotatable bonds is 7. The van der Waals surface area contributed by atoms with E-state index in [1.807, 2.05) is 0 Å². The van der Waals surface area contributed by atoms with Crippen LogP contribution < -0.4 is 10.6 Å². The number of non-ortho nitro benzene ring substituents is 1. The zero-order valence-electron chi connectivity index (χ0n) is 13.2. The van der Waals surface area contributed by atoms with Crippen LogP contribution in [0.15, 0.2) is 41.6 Å². The van der Waals surface area contributed by atoms with Crippen LogP contribution in [0.5, 0.6) is 0 Å². The van der Waals surface area contributed by atoms with Gasteiger partial charge in [0, 0.05) is 49.4 Å². The molecule has 0 aliphatic carbocycles. The van der Waals surface area contributed by atoms with Crippen LogP contribution in [0.25, 0.3) is 0 Å². The van der Waals surface area contributed by atoms with Crippen molar-refractivity contribution in [1.29, 1.82) is 0 Å². The van der Waals surface area contributed by atoms with Crippen LogP contribution in [0.2, 0.25) is 0 Å². The number of carbonyl (C=O) groups excluding carboxylic acids is 1. The zero-order valence-corrected chi connectivity index (χ0v) is 14.0. The molecule has 1 amide bonds. The molecule has 0 spiro atoms. The molecule has 0 aliphatic rings. The Kier molecular flexibility index (Phi) is 5.60. The molecule has 0 radical (unpaired) electrons. The number of nitro groups is 1. The maximum absolute atomic E-state index is 12.1. The summed E-state index contributed by atoms with van der Waals surface area (Å²) in [5.74, 6) is -0.226. The predicted octanol–water partition coefficient (Wildman–Crippen LogP) is 0.630. The normalized spacial score (nSPS) is 10.9. The van der Waals surface area contributed by atoms with Crippen molar-refractivity contribution in [3.8, 4) is 0 Å². The van der Waals surface area contributed by atoms with Crippen molar-refractivity contribution < 1.29 is 18.1 Å². The molecular formula is C14H15N5O5S. The highest BCUT2D eigenvalue weighted by atomic mass is 32.2. The summed E-state index contributed by atoms with van der Waals surface area (Å²) in [6.07, 6.45) is 4.03. The van der Waals surface area contributed by atoms with E-state index in [-0.39, 0.29) is 17.0 Å². The molecule has 0 unspecified atom stereocenters. The lowest BCUT2D eigenvalue weighted by atomic mass is 10.2. The second-order valence-corrected chi connectivity index (χ2v) is 7.02. The number of anilines is 1. The number of nitro benzene ring substituents is 1. The van der Waals surface area contributed by atoms with Crippen molar-refractivity contribution in [1.82, 2.24) is 15.3 Å². The Morgan fingerprint density at radius 1 is 1.20 bits per heavy atom. The number of benzene rings is 1. The Hall–Kier alpha value is -3.08. The molecule has 2 aromatic rings. The molecule has 1 aromatic heterocycles. The van der Waals surface area contributed by atoms with Gasteiger partial charge in [-0.2, -0.15) is 0 Å². The molecule has 0 atom stereocenters. The first-order valence-electron chi connectivity index (χ1n) is 7.06. The largest absolute Gasteiger partial charge is 0.352 e. The maximum atomic E-state index is 12.1. The minimum atomic E-state index is -3.69. The molecule has 0 bridgehead atoms. The Morgan fingerprint density at radius 2 is 1.88 bits per heavy atom. The molecule has 1 aromatic carbocycles. The molecule has 2 N–H and O–H groups in total. The van der Waals surface area contributed by atoms with E-state index in [0.29, 0.717) is 12.5 Å². The van der Waals surface area contributed by atoms with Crippen LogP contribution in [0, 0.1) is 10.1 Å². The SMILES string of the molecule is CS(=O)(=O)c1cc(C(=O)NCCNc2ncccn2)cc([N+](=O)[O-])c1. The van der Waals surface area contributed by atoms with Gasteiger partial charge >= 0.3 is 0 Å². The number of aromatic nitrogens is 2. The molecule has 0 saturated carbocycles. The number of nitrogens with one attached hydrogen (secondary N) is 2. The van der Waals surface area contributed by atoms with Crippen molar-refractivity contribution in [3.63, 3.8) is 0 Å². The number of hydrogen-bond donors (Lipinski definition) is 2. The van der Waals surface area contributed by atoms with Gasteiger partial charge in [0.25, 0.3) is 11.6 Å². The van der Waals surface area contributed by atoms with Gasteiger partial charge in [0.15, 0.2) is 9.84 Å². The number of sulfone groups is 1. The van der Waals surface area contributed by atoms with E-state index in [4.69, 9.17) is 0 Å². The Bertz CT molecular complexity index is 886. The van der Waals surface area contributed by atoms with E-state index in [2.05, 4.69) is 20.6 Å². The number of amides is 1. The number of carbonyl (C=O) groups is 1. The molecule has 11 heteroatoms. The van der Waals surface area contributed by atoms with Crippen LogP contribution in [0.1, 0.15) is 10.4 Å². The topological polar surface area (TPSA) is 144 Å². The summed E-state index contributed by atoms with van der Waals surface area (Å²) >= 11 is 0. The fourth-order valence-corrected chi connectivity index (χ4v) is 2.55. The van der Waals surface area contributed by atoms with Crippen molar-refractivity contribution in [3.05, 3.63) is 52.3 Å². The summed E-state index contributed by atoms with van der Waals surface area (Å²) in [7, 11) is -3.69. The van der Waals surface area contributed by atoms with Gasteiger partial charge in [-0.15, -0.1) is 0 Å². The quantitative estimate of drug-likeness (QED) is 0.413. The second-order valence-electron chi connectivity index (χ2n) is 5.00. The molecule has 0 fully saturated rings. The van der Waals surface area contributed by atoms with Crippen LogP contribution in [-0.2, 0) is 9.84 Å². The summed E-state index contributed by atoms with van der Waals surface area (Å²) in [6.45, 7) is 0.512. The third-order valence-corrected chi connectivity index (χ3v) is 4.14. The first-order chi connectivity index (χ1) is 11.8.